The molecule has 0 aliphatic heterocycles. The van der Waals surface area contributed by atoms with E-state index in [0.29, 0.717) is 12.6 Å². The van der Waals surface area contributed by atoms with Crippen LogP contribution in [0, 0.1) is 5.92 Å². The molecule has 2 aromatic rings. The third-order valence-electron chi connectivity index (χ3n) is 11.1. The number of hydrogen-bond acceptors (Lipinski definition) is 2. The van der Waals surface area contributed by atoms with Gasteiger partial charge >= 0.3 is 6.03 Å². The predicted molar refractivity (Wildman–Crippen MR) is 190 cm³/mol. The van der Waals surface area contributed by atoms with Crippen LogP contribution in [0.5, 0.6) is 0 Å². The zero-order valence-electron chi connectivity index (χ0n) is 28.9. The molecular weight excluding hydrogens is 557 g/mol. The first-order chi connectivity index (χ1) is 21.0. The minimum atomic E-state index is -1.86. The number of benzene rings is 2. The number of carbonyl (C=O) groups excluding carboxylic acids is 1. The number of carbonyl (C=O) groups is 1. The highest BCUT2D eigenvalue weighted by Crippen LogP contribution is 2.41. The maximum absolute atomic E-state index is 13.4. The molecule has 4 rings (SSSR count). The normalized spacial score (nSPS) is 18.2. The Morgan fingerprint density at radius 3 is 2.34 bits per heavy atom. The average molecular weight is 619 g/mol. The van der Waals surface area contributed by atoms with Gasteiger partial charge in [-0.3, -0.25) is 0 Å². The lowest BCUT2D eigenvalue weighted by molar-refractivity contribution is 0.129. The Kier molecular flexibility index (Phi) is 12.6. The summed E-state index contributed by atoms with van der Waals surface area (Å²) in [5.74, 6) is 0.801. The van der Waals surface area contributed by atoms with Crippen molar-refractivity contribution in [3.8, 4) is 0 Å². The molecule has 5 heteroatoms. The highest BCUT2D eigenvalue weighted by atomic mass is 28.4. The summed E-state index contributed by atoms with van der Waals surface area (Å²) in [5.41, 5.74) is 4.90. The predicted octanol–water partition coefficient (Wildman–Crippen LogP) is 11.0. The van der Waals surface area contributed by atoms with E-state index in [1.54, 1.807) is 0 Å². The number of aryl methyl sites for hydroxylation is 2. The Hall–Kier alpha value is -2.11. The molecule has 2 saturated carbocycles. The Morgan fingerprint density at radius 2 is 1.68 bits per heavy atom. The van der Waals surface area contributed by atoms with E-state index in [9.17, 15) is 4.79 Å². The molecule has 2 aliphatic carbocycles. The van der Waals surface area contributed by atoms with Crippen LogP contribution in [-0.4, -0.2) is 27.0 Å². The van der Waals surface area contributed by atoms with Crippen LogP contribution in [0.1, 0.15) is 128 Å². The van der Waals surface area contributed by atoms with Gasteiger partial charge in [-0.2, -0.15) is 0 Å². The molecule has 2 fully saturated rings. The van der Waals surface area contributed by atoms with Crippen LogP contribution in [0.25, 0.3) is 0 Å². The van der Waals surface area contributed by atoms with Crippen LogP contribution in [-0.2, 0) is 22.7 Å². The van der Waals surface area contributed by atoms with Crippen molar-refractivity contribution in [3.05, 3.63) is 65.2 Å². The molecule has 2 aliphatic rings. The van der Waals surface area contributed by atoms with Gasteiger partial charge in [0.2, 0.25) is 0 Å². The van der Waals surface area contributed by atoms with Crippen molar-refractivity contribution in [2.45, 2.75) is 154 Å². The number of rotatable bonds is 14. The van der Waals surface area contributed by atoms with Gasteiger partial charge in [0.05, 0.1) is 0 Å². The van der Waals surface area contributed by atoms with Crippen molar-refractivity contribution in [1.82, 2.24) is 5.32 Å². The molecule has 44 heavy (non-hydrogen) atoms. The minimum absolute atomic E-state index is 0.0446. The quantitative estimate of drug-likeness (QED) is 0.207. The summed E-state index contributed by atoms with van der Waals surface area (Å²) in [4.78, 5) is 13.4. The van der Waals surface area contributed by atoms with E-state index in [0.717, 1.165) is 56.6 Å². The molecule has 0 heterocycles. The number of nitrogens with one attached hydrogen (secondary N) is 2. The molecule has 2 amide bonds. The van der Waals surface area contributed by atoms with Gasteiger partial charge in [-0.25, -0.2) is 4.79 Å². The molecule has 2 aromatic carbocycles. The van der Waals surface area contributed by atoms with Crippen molar-refractivity contribution in [2.24, 2.45) is 5.92 Å². The first kappa shape index (κ1) is 34.8. The van der Waals surface area contributed by atoms with E-state index in [2.05, 4.69) is 100.0 Å². The fraction of sp³-hybridized carbons (Fsp3) is 0.667. The Bertz CT molecular complexity index is 1160. The summed E-state index contributed by atoms with van der Waals surface area (Å²) in [7, 11) is -1.86. The fourth-order valence-electron chi connectivity index (χ4n) is 7.25. The largest absolute Gasteiger partial charge is 0.414 e. The lowest BCUT2D eigenvalue weighted by atomic mass is 9.79. The van der Waals surface area contributed by atoms with E-state index in [4.69, 9.17) is 4.43 Å². The molecule has 1 atom stereocenters. The summed E-state index contributed by atoms with van der Waals surface area (Å²) >= 11 is 0. The Labute approximate surface area is 270 Å². The van der Waals surface area contributed by atoms with Crippen molar-refractivity contribution in [2.75, 3.05) is 11.9 Å². The zero-order chi connectivity index (χ0) is 31.6. The summed E-state index contributed by atoms with van der Waals surface area (Å²) < 4.78 is 7.08. The van der Waals surface area contributed by atoms with Crippen LogP contribution in [0.3, 0.4) is 0 Å². The zero-order valence-corrected chi connectivity index (χ0v) is 29.9. The summed E-state index contributed by atoms with van der Waals surface area (Å²) in [5, 5.41) is 6.78. The van der Waals surface area contributed by atoms with Crippen molar-refractivity contribution in [3.63, 3.8) is 0 Å². The van der Waals surface area contributed by atoms with Gasteiger partial charge < -0.3 is 15.1 Å². The van der Waals surface area contributed by atoms with Crippen LogP contribution < -0.4 is 10.6 Å². The van der Waals surface area contributed by atoms with Crippen LogP contribution in [0.4, 0.5) is 10.5 Å². The molecule has 0 spiro atoms. The molecular formula is C39H62N2O2Si. The smallest absolute Gasteiger partial charge is 0.319 e. The number of hydrogen-bond donors (Lipinski definition) is 2. The third-order valence-corrected chi connectivity index (χ3v) is 15.6. The van der Waals surface area contributed by atoms with E-state index in [-0.39, 0.29) is 16.5 Å². The standard InChI is InChI=1S/C39H62N2O2Si/c1-7-8-19-33-24-22-32(23-25-35(28-31-17-11-9-12-18-31)43-44(5,6)38(2,3)4)29-36(33)41-37(42)40-30-39(26-15-16-27-39)34-20-13-10-14-21-34/h10,13-14,20-22,24,29,31,35H,7-9,11-12,15-19,23,25-28,30H2,1-6H3,(H2,40,41,42). The second kappa shape index (κ2) is 15.9. The van der Waals surface area contributed by atoms with E-state index in [1.165, 1.54) is 68.1 Å². The van der Waals surface area contributed by atoms with E-state index >= 15 is 0 Å². The maximum Gasteiger partial charge on any atom is 0.319 e. The minimum Gasteiger partial charge on any atom is -0.414 e. The van der Waals surface area contributed by atoms with Crippen molar-refractivity contribution >= 4 is 20.0 Å². The van der Waals surface area contributed by atoms with E-state index in [1.807, 2.05) is 0 Å². The van der Waals surface area contributed by atoms with Gasteiger partial charge in [0, 0.05) is 23.8 Å². The average Bonchev–Trinajstić information content (AvgIpc) is 3.49. The van der Waals surface area contributed by atoms with Gasteiger partial charge in [-0.05, 0) is 91.8 Å². The monoisotopic (exact) mass is 618 g/mol. The summed E-state index contributed by atoms with van der Waals surface area (Å²) in [6.07, 6.45) is 18.3. The van der Waals surface area contributed by atoms with Crippen molar-refractivity contribution < 1.29 is 9.22 Å². The number of anilines is 1. The third kappa shape index (κ3) is 9.69. The topological polar surface area (TPSA) is 50.4 Å². The molecule has 4 nitrogen and oxygen atoms in total. The SMILES string of the molecule is CCCCc1ccc(CCC(CC2CCCCC2)O[Si](C)(C)C(C)(C)C)cc1NC(=O)NCC1(c2ccccc2)CCCC1. The Morgan fingerprint density at radius 1 is 0.977 bits per heavy atom. The summed E-state index contributed by atoms with van der Waals surface area (Å²) in [6, 6.07) is 17.5. The van der Waals surface area contributed by atoms with Crippen LogP contribution >= 0.6 is 0 Å². The molecule has 0 radical (unpaired) electrons. The number of unbranched alkanes of at least 4 members (excludes halogenated alkanes) is 1. The first-order valence-electron chi connectivity index (χ1n) is 17.9. The first-order valence-corrected chi connectivity index (χ1v) is 20.8. The molecule has 0 aromatic heterocycles. The van der Waals surface area contributed by atoms with Crippen LogP contribution in [0.2, 0.25) is 18.1 Å². The highest BCUT2D eigenvalue weighted by Gasteiger charge is 2.39. The molecule has 1 unspecified atom stereocenters. The molecule has 244 valence electrons. The molecule has 2 N–H and O–H groups in total. The van der Waals surface area contributed by atoms with Crippen LogP contribution in [0.15, 0.2) is 48.5 Å². The van der Waals surface area contributed by atoms with Gasteiger partial charge in [-0.1, -0.05) is 122 Å². The van der Waals surface area contributed by atoms with E-state index < -0.39 is 8.32 Å². The highest BCUT2D eigenvalue weighted by molar-refractivity contribution is 6.74. The molecule has 0 saturated heterocycles. The van der Waals surface area contributed by atoms with Gasteiger partial charge in [0.15, 0.2) is 8.32 Å². The second-order valence-corrected chi connectivity index (χ2v) is 20.3. The lowest BCUT2D eigenvalue weighted by Crippen LogP contribution is -2.44. The van der Waals surface area contributed by atoms with Gasteiger partial charge in [0.25, 0.3) is 0 Å². The van der Waals surface area contributed by atoms with Crippen molar-refractivity contribution in [1.29, 1.82) is 0 Å². The van der Waals surface area contributed by atoms with Gasteiger partial charge in [-0.15, -0.1) is 0 Å². The summed E-state index contributed by atoms with van der Waals surface area (Å²) in [6.45, 7) is 14.8. The van der Waals surface area contributed by atoms with Gasteiger partial charge in [0.1, 0.15) is 0 Å². The Balaban J connectivity index is 1.44. The number of urea groups is 1. The fourth-order valence-corrected chi connectivity index (χ4v) is 8.65. The molecule has 0 bridgehead atoms. The maximum atomic E-state index is 13.4. The lowest BCUT2D eigenvalue weighted by Gasteiger charge is -2.40. The number of amides is 2. The second-order valence-electron chi connectivity index (χ2n) is 15.5.